The molecule has 1 aromatic heterocycles. The number of rotatable bonds is 4. The lowest BCUT2D eigenvalue weighted by Gasteiger charge is -2.00. The van der Waals surface area contributed by atoms with Crippen molar-refractivity contribution in [2.24, 2.45) is 7.05 Å². The van der Waals surface area contributed by atoms with Crippen LogP contribution in [0.5, 0.6) is 0 Å². The van der Waals surface area contributed by atoms with Crippen LogP contribution in [0.4, 0.5) is 0 Å². The van der Waals surface area contributed by atoms with Crippen molar-refractivity contribution in [1.82, 2.24) is 20.2 Å². The number of hydrogen-bond acceptors (Lipinski definition) is 5. The normalized spacial score (nSPS) is 12.3. The van der Waals surface area contributed by atoms with Crippen molar-refractivity contribution in [3.63, 3.8) is 0 Å². The number of nitrogens with zero attached hydrogens (tertiary/aromatic N) is 4. The van der Waals surface area contributed by atoms with Gasteiger partial charge in [-0.25, -0.2) is 4.68 Å². The van der Waals surface area contributed by atoms with Gasteiger partial charge in [-0.2, -0.15) is 0 Å². The van der Waals surface area contributed by atoms with Gasteiger partial charge in [-0.3, -0.25) is 9.00 Å². The van der Waals surface area contributed by atoms with Crippen molar-refractivity contribution in [3.8, 4) is 0 Å². The topological polar surface area (TPSA) is 77.7 Å². The zero-order valence-corrected chi connectivity index (χ0v) is 9.92. The van der Waals surface area contributed by atoms with Crippen molar-refractivity contribution in [2.75, 3.05) is 5.75 Å². The van der Waals surface area contributed by atoms with Gasteiger partial charge in [0.2, 0.25) is 5.16 Å². The number of tetrazole rings is 1. The fourth-order valence-corrected chi connectivity index (χ4v) is 2.30. The van der Waals surface area contributed by atoms with E-state index in [1.54, 1.807) is 31.3 Å². The van der Waals surface area contributed by atoms with E-state index in [4.69, 9.17) is 0 Å². The Morgan fingerprint density at radius 3 is 2.65 bits per heavy atom. The van der Waals surface area contributed by atoms with Crippen molar-refractivity contribution < 1.29 is 9.00 Å². The van der Waals surface area contributed by atoms with Crippen LogP contribution in [0, 0.1) is 0 Å². The van der Waals surface area contributed by atoms with Crippen LogP contribution in [0.25, 0.3) is 0 Å². The van der Waals surface area contributed by atoms with Gasteiger partial charge in [-0.1, -0.05) is 35.4 Å². The third-order valence-electron chi connectivity index (χ3n) is 2.14. The Bertz CT molecular complexity index is 552. The van der Waals surface area contributed by atoms with Crippen LogP contribution in [-0.4, -0.2) is 36.0 Å². The Hall–Kier alpha value is -1.89. The summed E-state index contributed by atoms with van der Waals surface area (Å²) in [6.45, 7) is 0. The highest BCUT2D eigenvalue weighted by atomic mass is 32.2. The molecule has 0 spiro atoms. The fraction of sp³-hybridized carbons (Fsp3) is 0.200. The van der Waals surface area contributed by atoms with E-state index in [0.717, 1.165) is 0 Å². The van der Waals surface area contributed by atoms with Gasteiger partial charge in [0, 0.05) is 12.6 Å². The lowest BCUT2D eigenvalue weighted by Crippen LogP contribution is -2.14. The van der Waals surface area contributed by atoms with Crippen molar-refractivity contribution in [1.29, 1.82) is 0 Å². The Kier molecular flexibility index (Phi) is 3.38. The van der Waals surface area contributed by atoms with E-state index in [-0.39, 0.29) is 16.7 Å². The summed E-state index contributed by atoms with van der Waals surface area (Å²) in [5, 5.41) is 10.8. The minimum absolute atomic E-state index is 0.113. The molecule has 1 atom stereocenters. The Balaban J connectivity index is 2.10. The molecule has 1 heterocycles. The molecule has 17 heavy (non-hydrogen) atoms. The van der Waals surface area contributed by atoms with Gasteiger partial charge in [0.15, 0.2) is 5.78 Å². The number of hydrogen-bond donors (Lipinski definition) is 0. The summed E-state index contributed by atoms with van der Waals surface area (Å²) in [5.41, 5.74) is 0.538. The van der Waals surface area contributed by atoms with Crippen LogP contribution in [0.3, 0.4) is 0 Å². The first-order valence-corrected chi connectivity index (χ1v) is 6.19. The molecule has 88 valence electrons. The van der Waals surface area contributed by atoms with Gasteiger partial charge >= 0.3 is 0 Å². The summed E-state index contributed by atoms with van der Waals surface area (Å²) in [6, 6.07) is 8.73. The zero-order chi connectivity index (χ0) is 12.3. The van der Waals surface area contributed by atoms with Crippen molar-refractivity contribution >= 4 is 16.6 Å². The van der Waals surface area contributed by atoms with E-state index in [1.807, 2.05) is 6.07 Å². The Morgan fingerprint density at radius 2 is 2.06 bits per heavy atom. The number of ketones is 1. The SMILES string of the molecule is Cn1nnnc1S(=O)CC(=O)c1ccccc1. The molecule has 6 nitrogen and oxygen atoms in total. The average molecular weight is 250 g/mol. The number of aryl methyl sites for hydroxylation is 1. The molecular weight excluding hydrogens is 240 g/mol. The smallest absolute Gasteiger partial charge is 0.239 e. The maximum absolute atomic E-state index is 11.8. The summed E-state index contributed by atoms with van der Waals surface area (Å²) in [4.78, 5) is 11.8. The number of Topliss-reactive ketones (excluding diaryl/α,β-unsaturated/α-hetero) is 1. The van der Waals surface area contributed by atoms with Crippen LogP contribution in [-0.2, 0) is 17.8 Å². The number of benzene rings is 1. The van der Waals surface area contributed by atoms with Crippen LogP contribution in [0.15, 0.2) is 35.5 Å². The molecule has 1 aromatic carbocycles. The number of aromatic nitrogens is 4. The summed E-state index contributed by atoms with van der Waals surface area (Å²) in [7, 11) is 0.0664. The fourth-order valence-electron chi connectivity index (χ4n) is 1.31. The quantitative estimate of drug-likeness (QED) is 0.724. The van der Waals surface area contributed by atoms with Crippen LogP contribution in [0.2, 0.25) is 0 Å². The standard InChI is InChI=1S/C10H10N4O2S/c1-14-10(11-12-13-14)17(16)7-9(15)8-5-3-2-4-6-8/h2-6H,7H2,1H3. The van der Waals surface area contributed by atoms with Gasteiger partial charge in [-0.05, 0) is 10.4 Å². The molecule has 0 amide bonds. The summed E-state index contributed by atoms with van der Waals surface area (Å²) < 4.78 is 13.1. The van der Waals surface area contributed by atoms with E-state index in [0.29, 0.717) is 5.56 Å². The predicted molar refractivity (Wildman–Crippen MR) is 60.8 cm³/mol. The first-order chi connectivity index (χ1) is 8.18. The maximum atomic E-state index is 11.8. The maximum Gasteiger partial charge on any atom is 0.239 e. The molecule has 0 saturated carbocycles. The second-order valence-electron chi connectivity index (χ2n) is 3.36. The highest BCUT2D eigenvalue weighted by Gasteiger charge is 2.16. The van der Waals surface area contributed by atoms with Crippen LogP contribution in [0.1, 0.15) is 10.4 Å². The molecule has 7 heteroatoms. The van der Waals surface area contributed by atoms with Crippen LogP contribution >= 0.6 is 0 Å². The third kappa shape index (κ3) is 2.62. The van der Waals surface area contributed by atoms with Gasteiger partial charge in [0.25, 0.3) is 0 Å². The Labute approximate surface area is 100 Å². The number of carbonyl (C=O) groups is 1. The minimum Gasteiger partial charge on any atom is -0.293 e. The molecule has 0 aliphatic carbocycles. The van der Waals surface area contributed by atoms with E-state index in [2.05, 4.69) is 15.5 Å². The van der Waals surface area contributed by atoms with Crippen molar-refractivity contribution in [2.45, 2.75) is 5.16 Å². The monoisotopic (exact) mass is 250 g/mol. The van der Waals surface area contributed by atoms with E-state index >= 15 is 0 Å². The van der Waals surface area contributed by atoms with E-state index < -0.39 is 10.8 Å². The first-order valence-electron chi connectivity index (χ1n) is 4.87. The Morgan fingerprint density at radius 1 is 1.35 bits per heavy atom. The third-order valence-corrected chi connectivity index (χ3v) is 3.42. The molecule has 2 aromatic rings. The molecule has 2 rings (SSSR count). The molecule has 0 aliphatic heterocycles. The number of carbonyl (C=O) groups excluding carboxylic acids is 1. The highest BCUT2D eigenvalue weighted by molar-refractivity contribution is 7.85. The summed E-state index contributed by atoms with van der Waals surface area (Å²) in [6.07, 6.45) is 0. The summed E-state index contributed by atoms with van der Waals surface area (Å²) in [5.74, 6) is -0.301. The predicted octanol–water partition coefficient (Wildman–Crippen LogP) is 0.201. The molecule has 1 unspecified atom stereocenters. The largest absolute Gasteiger partial charge is 0.293 e. The molecule has 0 saturated heterocycles. The highest BCUT2D eigenvalue weighted by Crippen LogP contribution is 2.05. The summed E-state index contributed by atoms with van der Waals surface area (Å²) >= 11 is 0. The molecule has 0 N–H and O–H groups in total. The second kappa shape index (κ2) is 4.96. The molecule has 0 aliphatic rings. The minimum atomic E-state index is -1.52. The van der Waals surface area contributed by atoms with Gasteiger partial charge in [-0.15, -0.1) is 0 Å². The van der Waals surface area contributed by atoms with E-state index in [1.165, 1.54) is 4.68 Å². The second-order valence-corrected chi connectivity index (χ2v) is 4.71. The lowest BCUT2D eigenvalue weighted by molar-refractivity contribution is 0.102. The molecular formula is C10H10N4O2S. The molecule has 0 radical (unpaired) electrons. The van der Waals surface area contributed by atoms with Gasteiger partial charge < -0.3 is 0 Å². The van der Waals surface area contributed by atoms with E-state index in [9.17, 15) is 9.00 Å². The van der Waals surface area contributed by atoms with Crippen LogP contribution < -0.4 is 0 Å². The van der Waals surface area contributed by atoms with Gasteiger partial charge in [0.1, 0.15) is 10.8 Å². The first kappa shape index (κ1) is 11.6. The molecule has 0 fully saturated rings. The lowest BCUT2D eigenvalue weighted by atomic mass is 10.2. The van der Waals surface area contributed by atoms with Gasteiger partial charge in [0.05, 0.1) is 5.75 Å². The molecule has 0 bridgehead atoms. The average Bonchev–Trinajstić information content (AvgIpc) is 2.76. The zero-order valence-electron chi connectivity index (χ0n) is 9.11. The van der Waals surface area contributed by atoms with Crippen molar-refractivity contribution in [3.05, 3.63) is 35.9 Å².